The molecule has 0 amide bonds. The van der Waals surface area contributed by atoms with E-state index in [-0.39, 0.29) is 4.87 Å². The number of rotatable bonds is 7. The van der Waals surface area contributed by atoms with Crippen molar-refractivity contribution in [2.45, 2.75) is 57.2 Å². The van der Waals surface area contributed by atoms with Crippen LogP contribution in [0.2, 0.25) is 0 Å². The second kappa shape index (κ2) is 7.03. The number of alkyl halides is 2. The molecular formula is C10H20Cl2. The predicted octanol–water partition coefficient (Wildman–Crippen LogP) is 4.58. The highest BCUT2D eigenvalue weighted by molar-refractivity contribution is 6.23. The Morgan fingerprint density at radius 3 is 1.92 bits per heavy atom. The summed E-state index contributed by atoms with van der Waals surface area (Å²) in [5.41, 5.74) is 0. The Balaban J connectivity index is 3.01. The Hall–Kier alpha value is 0.580. The van der Waals surface area contributed by atoms with Crippen molar-refractivity contribution in [2.75, 3.05) is 5.88 Å². The summed E-state index contributed by atoms with van der Waals surface area (Å²) in [6.07, 6.45) is 7.40. The highest BCUT2D eigenvalue weighted by atomic mass is 35.5. The Bertz CT molecular complexity index is 94.5. The lowest BCUT2D eigenvalue weighted by Gasteiger charge is -2.14. The second-order valence-electron chi connectivity index (χ2n) is 3.93. The summed E-state index contributed by atoms with van der Waals surface area (Å²) in [7, 11) is 0. The fraction of sp³-hybridized carbons (Fsp3) is 1.00. The van der Waals surface area contributed by atoms with Crippen LogP contribution in [0.25, 0.3) is 0 Å². The molecule has 0 aliphatic heterocycles. The van der Waals surface area contributed by atoms with Gasteiger partial charge >= 0.3 is 0 Å². The van der Waals surface area contributed by atoms with Gasteiger partial charge in [0.1, 0.15) is 0 Å². The molecule has 0 nitrogen and oxygen atoms in total. The van der Waals surface area contributed by atoms with Crippen LogP contribution in [0.4, 0.5) is 0 Å². The average Bonchev–Trinajstić information content (AvgIpc) is 1.94. The number of hydrogen-bond donors (Lipinski definition) is 0. The lowest BCUT2D eigenvalue weighted by atomic mass is 10.0. The second-order valence-corrected chi connectivity index (χ2v) is 5.33. The fourth-order valence-corrected chi connectivity index (χ4v) is 1.49. The third-order valence-electron chi connectivity index (χ3n) is 1.90. The first-order valence-electron chi connectivity index (χ1n) is 4.81. The monoisotopic (exact) mass is 210 g/mol. The lowest BCUT2D eigenvalue weighted by Crippen LogP contribution is -2.08. The van der Waals surface area contributed by atoms with Gasteiger partial charge in [0.15, 0.2) is 0 Å². The summed E-state index contributed by atoms with van der Waals surface area (Å²) >= 11 is 11.6. The van der Waals surface area contributed by atoms with E-state index >= 15 is 0 Å². The molecule has 0 unspecified atom stereocenters. The van der Waals surface area contributed by atoms with Crippen LogP contribution in [0, 0.1) is 0 Å². The van der Waals surface area contributed by atoms with Gasteiger partial charge in [-0.05, 0) is 26.7 Å². The van der Waals surface area contributed by atoms with Gasteiger partial charge in [-0.1, -0.05) is 25.7 Å². The molecule has 0 fully saturated rings. The molecule has 0 N–H and O–H groups in total. The molecule has 74 valence electrons. The first kappa shape index (κ1) is 12.6. The Morgan fingerprint density at radius 1 is 0.917 bits per heavy atom. The van der Waals surface area contributed by atoms with Crippen LogP contribution in [0.1, 0.15) is 52.4 Å². The molecular weight excluding hydrogens is 191 g/mol. The molecule has 0 aromatic carbocycles. The molecule has 0 rings (SSSR count). The average molecular weight is 211 g/mol. The van der Waals surface area contributed by atoms with Gasteiger partial charge < -0.3 is 0 Å². The molecule has 0 heterocycles. The molecule has 0 aliphatic carbocycles. The largest absolute Gasteiger partial charge is 0.127 e. The van der Waals surface area contributed by atoms with Gasteiger partial charge in [0.05, 0.1) is 0 Å². The van der Waals surface area contributed by atoms with Crippen molar-refractivity contribution in [3.63, 3.8) is 0 Å². The van der Waals surface area contributed by atoms with Crippen LogP contribution in [0.3, 0.4) is 0 Å². The van der Waals surface area contributed by atoms with Gasteiger partial charge in [-0.2, -0.15) is 0 Å². The van der Waals surface area contributed by atoms with E-state index in [0.717, 1.165) is 18.7 Å². The molecule has 2 heteroatoms. The molecule has 0 aromatic heterocycles. The predicted molar refractivity (Wildman–Crippen MR) is 58.4 cm³/mol. The highest BCUT2D eigenvalue weighted by Crippen LogP contribution is 2.21. The summed E-state index contributed by atoms with van der Waals surface area (Å²) in [4.78, 5) is -0.00746. The van der Waals surface area contributed by atoms with Crippen molar-refractivity contribution in [1.82, 2.24) is 0 Å². The number of hydrogen-bond acceptors (Lipinski definition) is 0. The van der Waals surface area contributed by atoms with E-state index in [1.54, 1.807) is 0 Å². The maximum Gasteiger partial charge on any atom is 0.0390 e. The molecule has 0 spiro atoms. The molecule has 0 radical (unpaired) electrons. The minimum Gasteiger partial charge on any atom is -0.127 e. The Labute approximate surface area is 86.6 Å². The van der Waals surface area contributed by atoms with Crippen molar-refractivity contribution in [1.29, 1.82) is 0 Å². The van der Waals surface area contributed by atoms with Gasteiger partial charge in [0.25, 0.3) is 0 Å². The van der Waals surface area contributed by atoms with Crippen LogP contribution in [-0.2, 0) is 0 Å². The SMILES string of the molecule is CC(C)(Cl)CCCCCCCCl. The van der Waals surface area contributed by atoms with Crippen LogP contribution in [0.15, 0.2) is 0 Å². The minimum atomic E-state index is -0.00746. The molecule has 0 bridgehead atoms. The zero-order valence-corrected chi connectivity index (χ0v) is 9.72. The lowest BCUT2D eigenvalue weighted by molar-refractivity contribution is 0.543. The van der Waals surface area contributed by atoms with E-state index in [1.807, 2.05) is 0 Å². The van der Waals surface area contributed by atoms with E-state index in [1.165, 1.54) is 25.7 Å². The maximum absolute atomic E-state index is 6.05. The van der Waals surface area contributed by atoms with Crippen molar-refractivity contribution < 1.29 is 0 Å². The molecule has 0 saturated carbocycles. The first-order valence-corrected chi connectivity index (χ1v) is 5.72. The van der Waals surface area contributed by atoms with Gasteiger partial charge in [-0.15, -0.1) is 23.2 Å². The molecule has 0 saturated heterocycles. The quantitative estimate of drug-likeness (QED) is 0.427. The van der Waals surface area contributed by atoms with Crippen molar-refractivity contribution >= 4 is 23.2 Å². The third-order valence-corrected chi connectivity index (χ3v) is 2.36. The van der Waals surface area contributed by atoms with E-state index < -0.39 is 0 Å². The van der Waals surface area contributed by atoms with Gasteiger partial charge in [-0.25, -0.2) is 0 Å². The zero-order valence-electron chi connectivity index (χ0n) is 8.21. The number of halogens is 2. The van der Waals surface area contributed by atoms with E-state index in [0.29, 0.717) is 0 Å². The first-order chi connectivity index (χ1) is 5.56. The maximum atomic E-state index is 6.05. The fourth-order valence-electron chi connectivity index (χ4n) is 1.17. The normalized spacial score (nSPS) is 12.0. The highest BCUT2D eigenvalue weighted by Gasteiger charge is 2.11. The van der Waals surface area contributed by atoms with Crippen molar-refractivity contribution in [3.05, 3.63) is 0 Å². The molecule has 12 heavy (non-hydrogen) atoms. The van der Waals surface area contributed by atoms with E-state index in [2.05, 4.69) is 13.8 Å². The van der Waals surface area contributed by atoms with Crippen molar-refractivity contribution in [3.8, 4) is 0 Å². The topological polar surface area (TPSA) is 0 Å². The Kier molecular flexibility index (Phi) is 7.37. The molecule has 0 aliphatic rings. The summed E-state index contributed by atoms with van der Waals surface area (Å²) in [5, 5.41) is 0. The summed E-state index contributed by atoms with van der Waals surface area (Å²) in [5.74, 6) is 0.807. The van der Waals surface area contributed by atoms with Gasteiger partial charge in [0, 0.05) is 10.8 Å². The summed E-state index contributed by atoms with van der Waals surface area (Å²) < 4.78 is 0. The smallest absolute Gasteiger partial charge is 0.0390 e. The van der Waals surface area contributed by atoms with Crippen LogP contribution in [0.5, 0.6) is 0 Å². The van der Waals surface area contributed by atoms with Crippen LogP contribution < -0.4 is 0 Å². The van der Waals surface area contributed by atoms with E-state index in [9.17, 15) is 0 Å². The molecule has 0 aromatic rings. The van der Waals surface area contributed by atoms with E-state index in [4.69, 9.17) is 23.2 Å². The van der Waals surface area contributed by atoms with Crippen LogP contribution in [-0.4, -0.2) is 10.8 Å². The summed E-state index contributed by atoms with van der Waals surface area (Å²) in [6, 6.07) is 0. The standard InChI is InChI=1S/C10H20Cl2/c1-10(2,12)8-6-4-3-5-7-9-11/h3-9H2,1-2H3. The number of unbranched alkanes of at least 4 members (excludes halogenated alkanes) is 4. The zero-order chi connectivity index (χ0) is 9.45. The third kappa shape index (κ3) is 10.6. The van der Waals surface area contributed by atoms with Crippen molar-refractivity contribution in [2.24, 2.45) is 0 Å². The summed E-state index contributed by atoms with van der Waals surface area (Å²) in [6.45, 7) is 4.15. The molecule has 0 atom stereocenters. The Morgan fingerprint density at radius 2 is 1.42 bits per heavy atom. The minimum absolute atomic E-state index is 0.00746. The van der Waals surface area contributed by atoms with Crippen LogP contribution >= 0.6 is 23.2 Å². The van der Waals surface area contributed by atoms with Gasteiger partial charge in [0.2, 0.25) is 0 Å². The van der Waals surface area contributed by atoms with Gasteiger partial charge in [-0.3, -0.25) is 0 Å².